The molecule has 1 amide bonds. The van der Waals surface area contributed by atoms with E-state index in [0.29, 0.717) is 22.2 Å². The average molecular weight is 372 g/mol. The number of carbonyl (C=O) groups excluding carboxylic acids is 2. The van der Waals surface area contributed by atoms with Gasteiger partial charge in [-0.25, -0.2) is 4.79 Å². The number of hydrogen-bond donors (Lipinski definition) is 1. The van der Waals surface area contributed by atoms with Gasteiger partial charge in [0.1, 0.15) is 0 Å². The van der Waals surface area contributed by atoms with Crippen molar-refractivity contribution < 1.29 is 14.3 Å². The van der Waals surface area contributed by atoms with Crippen molar-refractivity contribution in [2.45, 2.75) is 38.0 Å². The number of rotatable bonds is 4. The molecule has 0 bridgehead atoms. The fraction of sp³-hybridized carbons (Fsp3) is 0.333. The predicted molar refractivity (Wildman–Crippen MR) is 103 cm³/mol. The summed E-state index contributed by atoms with van der Waals surface area (Å²) in [6.07, 6.45) is 6.32. The molecule has 1 aliphatic carbocycles. The fourth-order valence-electron chi connectivity index (χ4n) is 3.44. The van der Waals surface area contributed by atoms with Crippen LogP contribution in [0.1, 0.15) is 64.3 Å². The van der Waals surface area contributed by atoms with Crippen LogP contribution in [0.4, 0.5) is 5.69 Å². The van der Waals surface area contributed by atoms with Crippen LogP contribution in [-0.2, 0) is 4.74 Å². The van der Waals surface area contributed by atoms with Crippen molar-refractivity contribution in [2.75, 3.05) is 12.4 Å². The molecule has 0 saturated heterocycles. The highest BCUT2D eigenvalue weighted by molar-refractivity contribution is 6.31. The van der Waals surface area contributed by atoms with Crippen LogP contribution in [-0.4, -0.2) is 19.0 Å². The Balaban J connectivity index is 1.75. The first-order valence-corrected chi connectivity index (χ1v) is 9.25. The van der Waals surface area contributed by atoms with E-state index in [2.05, 4.69) is 5.32 Å². The molecule has 0 aromatic heterocycles. The van der Waals surface area contributed by atoms with Gasteiger partial charge in [-0.1, -0.05) is 43.0 Å². The van der Waals surface area contributed by atoms with Gasteiger partial charge in [-0.05, 0) is 54.7 Å². The Labute approximate surface area is 158 Å². The van der Waals surface area contributed by atoms with Crippen LogP contribution in [0.5, 0.6) is 0 Å². The molecule has 2 aromatic rings. The first-order valence-electron chi connectivity index (χ1n) is 8.87. The van der Waals surface area contributed by atoms with Crippen LogP contribution in [0.25, 0.3) is 0 Å². The van der Waals surface area contributed by atoms with Crippen molar-refractivity contribution in [3.05, 3.63) is 64.2 Å². The van der Waals surface area contributed by atoms with Gasteiger partial charge in [0.05, 0.1) is 18.4 Å². The molecule has 1 aliphatic rings. The van der Waals surface area contributed by atoms with E-state index in [1.165, 1.54) is 50.8 Å². The van der Waals surface area contributed by atoms with E-state index < -0.39 is 5.97 Å². The van der Waals surface area contributed by atoms with E-state index in [0.717, 1.165) is 0 Å². The molecular weight excluding hydrogens is 350 g/mol. The number of anilines is 1. The summed E-state index contributed by atoms with van der Waals surface area (Å²) in [5, 5.41) is 3.17. The van der Waals surface area contributed by atoms with E-state index >= 15 is 0 Å². The van der Waals surface area contributed by atoms with Gasteiger partial charge in [-0.2, -0.15) is 0 Å². The number of esters is 1. The molecule has 1 fully saturated rings. The monoisotopic (exact) mass is 371 g/mol. The van der Waals surface area contributed by atoms with Crippen LogP contribution in [0.3, 0.4) is 0 Å². The largest absolute Gasteiger partial charge is 0.465 e. The summed E-state index contributed by atoms with van der Waals surface area (Å²) in [4.78, 5) is 24.4. The summed E-state index contributed by atoms with van der Waals surface area (Å²) in [6, 6.07) is 12.5. The fourth-order valence-corrected chi connectivity index (χ4v) is 3.61. The van der Waals surface area contributed by atoms with Crippen molar-refractivity contribution in [1.82, 2.24) is 0 Å². The SMILES string of the molecule is COC(=O)c1cc(Cl)ccc1NC(=O)c1ccc(C2CCCCC2)cc1. The molecule has 2 aromatic carbocycles. The summed E-state index contributed by atoms with van der Waals surface area (Å²) >= 11 is 5.94. The molecule has 0 heterocycles. The Morgan fingerprint density at radius 1 is 1.04 bits per heavy atom. The van der Waals surface area contributed by atoms with Gasteiger partial charge < -0.3 is 10.1 Å². The van der Waals surface area contributed by atoms with E-state index in [9.17, 15) is 9.59 Å². The van der Waals surface area contributed by atoms with E-state index in [4.69, 9.17) is 16.3 Å². The number of methoxy groups -OCH3 is 1. The lowest BCUT2D eigenvalue weighted by molar-refractivity contribution is 0.0602. The van der Waals surface area contributed by atoms with Crippen molar-refractivity contribution >= 4 is 29.2 Å². The van der Waals surface area contributed by atoms with Crippen LogP contribution in [0, 0.1) is 0 Å². The molecule has 4 nitrogen and oxygen atoms in total. The number of hydrogen-bond acceptors (Lipinski definition) is 3. The molecule has 3 rings (SSSR count). The molecule has 0 atom stereocenters. The van der Waals surface area contributed by atoms with Crippen LogP contribution < -0.4 is 5.32 Å². The quantitative estimate of drug-likeness (QED) is 0.729. The second-order valence-corrected chi connectivity index (χ2v) is 7.03. The Morgan fingerprint density at radius 2 is 1.73 bits per heavy atom. The maximum Gasteiger partial charge on any atom is 0.340 e. The molecule has 0 aliphatic heterocycles. The molecular formula is C21H22ClNO3. The molecule has 26 heavy (non-hydrogen) atoms. The minimum absolute atomic E-state index is 0.229. The van der Waals surface area contributed by atoms with Crippen LogP contribution in [0.15, 0.2) is 42.5 Å². The highest BCUT2D eigenvalue weighted by Gasteiger charge is 2.18. The number of nitrogens with one attached hydrogen (secondary N) is 1. The average Bonchev–Trinajstić information content (AvgIpc) is 2.69. The number of amides is 1. The summed E-state index contributed by atoms with van der Waals surface area (Å²) < 4.78 is 4.75. The zero-order chi connectivity index (χ0) is 18.5. The number of benzene rings is 2. The molecule has 0 spiro atoms. The summed E-state index contributed by atoms with van der Waals surface area (Å²) in [5.41, 5.74) is 2.45. The molecule has 136 valence electrons. The third kappa shape index (κ3) is 4.25. The normalized spacial score (nSPS) is 14.7. The lowest BCUT2D eigenvalue weighted by atomic mass is 9.84. The topological polar surface area (TPSA) is 55.4 Å². The molecule has 1 N–H and O–H groups in total. The maximum atomic E-state index is 12.6. The Bertz CT molecular complexity index is 795. The summed E-state index contributed by atoms with van der Waals surface area (Å²) in [6.45, 7) is 0. The highest BCUT2D eigenvalue weighted by atomic mass is 35.5. The number of carbonyl (C=O) groups is 2. The predicted octanol–water partition coefficient (Wildman–Crippen LogP) is 5.43. The van der Waals surface area contributed by atoms with Crippen LogP contribution in [0.2, 0.25) is 5.02 Å². The van der Waals surface area contributed by atoms with Crippen LogP contribution >= 0.6 is 11.6 Å². The Morgan fingerprint density at radius 3 is 2.38 bits per heavy atom. The standard InChI is InChI=1S/C21H22ClNO3/c1-26-21(25)18-13-17(22)11-12-19(18)23-20(24)16-9-7-15(8-10-16)14-5-3-2-4-6-14/h7-14H,2-6H2,1H3,(H,23,24). The van der Waals surface area contributed by atoms with Gasteiger partial charge in [0.15, 0.2) is 0 Å². The second kappa shape index (κ2) is 8.37. The number of halogens is 1. The first kappa shape index (κ1) is 18.5. The zero-order valence-electron chi connectivity index (χ0n) is 14.8. The van der Waals surface area contributed by atoms with Gasteiger partial charge in [-0.15, -0.1) is 0 Å². The summed E-state index contributed by atoms with van der Waals surface area (Å²) in [5.74, 6) is -0.217. The molecule has 0 unspecified atom stereocenters. The molecule has 1 saturated carbocycles. The van der Waals surface area contributed by atoms with Gasteiger partial charge in [-0.3, -0.25) is 4.79 Å². The second-order valence-electron chi connectivity index (χ2n) is 6.59. The smallest absolute Gasteiger partial charge is 0.340 e. The summed E-state index contributed by atoms with van der Waals surface area (Å²) in [7, 11) is 1.29. The van der Waals surface area contributed by atoms with Gasteiger partial charge in [0.25, 0.3) is 5.91 Å². The minimum atomic E-state index is -0.546. The lowest BCUT2D eigenvalue weighted by Crippen LogP contribution is -2.15. The van der Waals surface area contributed by atoms with E-state index in [1.54, 1.807) is 12.1 Å². The Kier molecular flexibility index (Phi) is 5.94. The van der Waals surface area contributed by atoms with Crippen molar-refractivity contribution in [2.24, 2.45) is 0 Å². The van der Waals surface area contributed by atoms with Crippen molar-refractivity contribution in [1.29, 1.82) is 0 Å². The number of ether oxygens (including phenoxy) is 1. The van der Waals surface area contributed by atoms with E-state index in [-0.39, 0.29) is 11.5 Å². The highest BCUT2D eigenvalue weighted by Crippen LogP contribution is 2.32. The van der Waals surface area contributed by atoms with Gasteiger partial charge >= 0.3 is 5.97 Å². The van der Waals surface area contributed by atoms with Crippen molar-refractivity contribution in [3.8, 4) is 0 Å². The van der Waals surface area contributed by atoms with Gasteiger partial charge in [0.2, 0.25) is 0 Å². The molecule has 5 heteroatoms. The first-order chi connectivity index (χ1) is 12.6. The molecule has 0 radical (unpaired) electrons. The van der Waals surface area contributed by atoms with E-state index in [1.807, 2.05) is 24.3 Å². The zero-order valence-corrected chi connectivity index (χ0v) is 15.5. The maximum absolute atomic E-state index is 12.6. The van der Waals surface area contributed by atoms with Gasteiger partial charge in [0, 0.05) is 10.6 Å². The minimum Gasteiger partial charge on any atom is -0.465 e. The van der Waals surface area contributed by atoms with Crippen molar-refractivity contribution in [3.63, 3.8) is 0 Å². The third-order valence-corrected chi connectivity index (χ3v) is 5.12. The third-order valence-electron chi connectivity index (χ3n) is 4.88. The lowest BCUT2D eigenvalue weighted by Gasteiger charge is -2.22. The Hall–Kier alpha value is -2.33.